The highest BCUT2D eigenvalue weighted by molar-refractivity contribution is 5.29. The van der Waals surface area contributed by atoms with Gasteiger partial charge >= 0.3 is 0 Å². The van der Waals surface area contributed by atoms with Crippen LogP contribution in [-0.2, 0) is 19.5 Å². The largest absolute Gasteiger partial charge is 0.244 e. The van der Waals surface area contributed by atoms with Crippen LogP contribution in [0.3, 0.4) is 0 Å². The quantitative estimate of drug-likeness (QED) is 0.730. The molecule has 0 spiro atoms. The maximum absolute atomic E-state index is 2.32. The zero-order valence-electron chi connectivity index (χ0n) is 11.9. The number of nitrogens with zero attached hydrogens (tertiary/aromatic N) is 2. The van der Waals surface area contributed by atoms with Gasteiger partial charge in [-0.1, -0.05) is 25.1 Å². The Morgan fingerprint density at radius 3 is 2.44 bits per heavy atom. The van der Waals surface area contributed by atoms with E-state index in [0.717, 1.165) is 19.5 Å². The van der Waals surface area contributed by atoms with Gasteiger partial charge in [-0.25, -0.2) is 9.13 Å². The third-order valence-corrected chi connectivity index (χ3v) is 3.61. The van der Waals surface area contributed by atoms with Crippen molar-refractivity contribution in [2.45, 2.75) is 47.2 Å². The van der Waals surface area contributed by atoms with Gasteiger partial charge in [0.15, 0.2) is 0 Å². The van der Waals surface area contributed by atoms with Gasteiger partial charge < -0.3 is 0 Å². The van der Waals surface area contributed by atoms with E-state index < -0.39 is 0 Å². The average molecular weight is 243 g/mol. The van der Waals surface area contributed by atoms with Crippen molar-refractivity contribution in [2.24, 2.45) is 0 Å². The summed E-state index contributed by atoms with van der Waals surface area (Å²) in [5.74, 6) is 0. The second-order valence-corrected chi connectivity index (χ2v) is 4.97. The lowest BCUT2D eigenvalue weighted by molar-refractivity contribution is -0.688. The lowest BCUT2D eigenvalue weighted by atomic mass is 10.1. The molecule has 96 valence electrons. The molecule has 0 saturated heterocycles. The molecule has 0 radical (unpaired) electrons. The summed E-state index contributed by atoms with van der Waals surface area (Å²) in [6, 6.07) is 6.73. The summed E-state index contributed by atoms with van der Waals surface area (Å²) in [5.41, 5.74) is 5.52. The van der Waals surface area contributed by atoms with Gasteiger partial charge in [-0.05, 0) is 37.5 Å². The summed E-state index contributed by atoms with van der Waals surface area (Å²) in [7, 11) is 0. The summed E-state index contributed by atoms with van der Waals surface area (Å²) >= 11 is 0. The van der Waals surface area contributed by atoms with Gasteiger partial charge in [-0.15, -0.1) is 0 Å². The predicted molar refractivity (Wildman–Crippen MR) is 74.7 cm³/mol. The van der Waals surface area contributed by atoms with Gasteiger partial charge in [0, 0.05) is 6.42 Å². The number of benzene rings is 1. The standard InChI is InChI=1S/C16H23N2/c1-5-16-11-17(12-18(16)6-2)10-15-8-7-13(3)14(4)9-15/h7-9,11-12H,5-6,10H2,1-4H3/q+1. The van der Waals surface area contributed by atoms with Crippen molar-refractivity contribution in [1.82, 2.24) is 4.57 Å². The fourth-order valence-electron chi connectivity index (χ4n) is 2.33. The summed E-state index contributed by atoms with van der Waals surface area (Å²) in [5, 5.41) is 0. The van der Waals surface area contributed by atoms with Crippen molar-refractivity contribution in [2.75, 3.05) is 0 Å². The number of rotatable bonds is 4. The number of imidazole rings is 1. The molecule has 0 amide bonds. The van der Waals surface area contributed by atoms with E-state index in [1.165, 1.54) is 22.4 Å². The molecule has 1 aromatic carbocycles. The molecule has 2 nitrogen and oxygen atoms in total. The fraction of sp³-hybridized carbons (Fsp3) is 0.438. The monoisotopic (exact) mass is 243 g/mol. The maximum atomic E-state index is 2.32. The highest BCUT2D eigenvalue weighted by atomic mass is 15.1. The van der Waals surface area contributed by atoms with E-state index in [2.05, 4.69) is 67.6 Å². The molecule has 0 unspecified atom stereocenters. The highest BCUT2D eigenvalue weighted by Crippen LogP contribution is 2.09. The summed E-state index contributed by atoms with van der Waals surface area (Å²) in [6.07, 6.45) is 5.57. The molecule has 0 aliphatic carbocycles. The lowest BCUT2D eigenvalue weighted by Gasteiger charge is -2.02. The van der Waals surface area contributed by atoms with Crippen molar-refractivity contribution in [3.63, 3.8) is 0 Å². The van der Waals surface area contributed by atoms with Gasteiger partial charge in [0.1, 0.15) is 18.4 Å². The summed E-state index contributed by atoms with van der Waals surface area (Å²) < 4.78 is 4.60. The Bertz CT molecular complexity index is 517. The molecule has 0 bridgehead atoms. The molecule has 2 aromatic rings. The second-order valence-electron chi connectivity index (χ2n) is 4.97. The van der Waals surface area contributed by atoms with E-state index in [1.807, 2.05) is 0 Å². The van der Waals surface area contributed by atoms with Crippen molar-refractivity contribution in [3.8, 4) is 0 Å². The summed E-state index contributed by atoms with van der Waals surface area (Å²) in [4.78, 5) is 0. The van der Waals surface area contributed by atoms with Gasteiger partial charge in [0.25, 0.3) is 0 Å². The van der Waals surface area contributed by atoms with Crippen molar-refractivity contribution in [1.29, 1.82) is 0 Å². The van der Waals surface area contributed by atoms with Crippen LogP contribution in [0.15, 0.2) is 30.7 Å². The first-order valence-electron chi connectivity index (χ1n) is 6.78. The minimum absolute atomic E-state index is 0.959. The number of aryl methyl sites for hydroxylation is 4. The number of hydrogen-bond donors (Lipinski definition) is 0. The van der Waals surface area contributed by atoms with E-state index in [9.17, 15) is 0 Å². The Hall–Kier alpha value is -1.57. The molecule has 0 aliphatic heterocycles. The van der Waals surface area contributed by atoms with Crippen LogP contribution < -0.4 is 4.57 Å². The number of aromatic nitrogens is 2. The Balaban J connectivity index is 2.22. The normalized spacial score (nSPS) is 10.9. The second kappa shape index (κ2) is 5.38. The summed E-state index contributed by atoms with van der Waals surface area (Å²) in [6.45, 7) is 10.7. The first-order valence-corrected chi connectivity index (χ1v) is 6.78. The van der Waals surface area contributed by atoms with Gasteiger partial charge in [0.2, 0.25) is 6.33 Å². The Labute approximate surface area is 110 Å². The van der Waals surface area contributed by atoms with Gasteiger partial charge in [0.05, 0.1) is 6.54 Å². The van der Waals surface area contributed by atoms with Gasteiger partial charge in [-0.2, -0.15) is 0 Å². The zero-order valence-corrected chi connectivity index (χ0v) is 11.9. The minimum Gasteiger partial charge on any atom is -0.234 e. The average Bonchev–Trinajstić information content (AvgIpc) is 2.76. The first-order chi connectivity index (χ1) is 8.63. The van der Waals surface area contributed by atoms with Crippen LogP contribution in [0.5, 0.6) is 0 Å². The van der Waals surface area contributed by atoms with E-state index >= 15 is 0 Å². The van der Waals surface area contributed by atoms with Crippen molar-refractivity contribution < 1.29 is 4.57 Å². The third-order valence-electron chi connectivity index (χ3n) is 3.61. The van der Waals surface area contributed by atoms with E-state index in [-0.39, 0.29) is 0 Å². The maximum Gasteiger partial charge on any atom is 0.244 e. The van der Waals surface area contributed by atoms with Crippen LogP contribution in [0.25, 0.3) is 0 Å². The van der Waals surface area contributed by atoms with Crippen LogP contribution in [0.1, 0.15) is 36.2 Å². The molecule has 0 aliphatic rings. The van der Waals surface area contributed by atoms with Crippen LogP contribution in [0.4, 0.5) is 0 Å². The van der Waals surface area contributed by atoms with E-state index in [4.69, 9.17) is 0 Å². The van der Waals surface area contributed by atoms with Gasteiger partial charge in [-0.3, -0.25) is 0 Å². The molecular formula is C16H23N2+. The van der Waals surface area contributed by atoms with Crippen LogP contribution in [0, 0.1) is 13.8 Å². The molecule has 1 heterocycles. The molecular weight excluding hydrogens is 220 g/mol. The molecule has 2 rings (SSSR count). The third kappa shape index (κ3) is 2.63. The fourth-order valence-corrected chi connectivity index (χ4v) is 2.33. The first kappa shape index (κ1) is 12.9. The molecule has 0 atom stereocenters. The van der Waals surface area contributed by atoms with Crippen LogP contribution in [0.2, 0.25) is 0 Å². The number of hydrogen-bond acceptors (Lipinski definition) is 0. The molecule has 0 saturated carbocycles. The minimum atomic E-state index is 0.959. The molecule has 1 aromatic heterocycles. The predicted octanol–water partition coefficient (Wildman–Crippen LogP) is 3.02. The Kier molecular flexibility index (Phi) is 3.85. The zero-order chi connectivity index (χ0) is 13.1. The molecule has 18 heavy (non-hydrogen) atoms. The van der Waals surface area contributed by atoms with Crippen molar-refractivity contribution in [3.05, 3.63) is 53.1 Å². The van der Waals surface area contributed by atoms with Crippen LogP contribution >= 0.6 is 0 Å². The van der Waals surface area contributed by atoms with Crippen LogP contribution in [-0.4, -0.2) is 4.57 Å². The SMILES string of the molecule is CCc1c[n+](Cc2ccc(C)c(C)c2)cn1CC. The molecule has 0 N–H and O–H groups in total. The Morgan fingerprint density at radius 2 is 1.89 bits per heavy atom. The smallest absolute Gasteiger partial charge is 0.234 e. The van der Waals surface area contributed by atoms with E-state index in [0.29, 0.717) is 0 Å². The highest BCUT2D eigenvalue weighted by Gasteiger charge is 2.10. The topological polar surface area (TPSA) is 8.81 Å². The van der Waals surface area contributed by atoms with Crippen molar-refractivity contribution >= 4 is 0 Å². The van der Waals surface area contributed by atoms with E-state index in [1.54, 1.807) is 0 Å². The molecule has 0 fully saturated rings. The Morgan fingerprint density at radius 1 is 1.11 bits per heavy atom. The molecule has 2 heteroatoms. The lowest BCUT2D eigenvalue weighted by Crippen LogP contribution is -2.31.